The molecule has 5 aromatic rings. The lowest BCUT2D eigenvalue weighted by atomic mass is 10.1. The monoisotopic (exact) mass is 387 g/mol. The summed E-state index contributed by atoms with van der Waals surface area (Å²) in [5.41, 5.74) is 4.00. The standard InChI is InChI=1S/C21H14ClN5O/c22-17-9-5-4-8-15(17)13-26-11-10-18-19(21(26)28)24-25-20-16(12-23-27(18)20)14-6-2-1-3-7-14/h1-12H,13H2. The summed E-state index contributed by atoms with van der Waals surface area (Å²) in [6.07, 6.45) is 3.48. The van der Waals surface area contributed by atoms with Crippen molar-refractivity contribution in [3.63, 3.8) is 0 Å². The predicted molar refractivity (Wildman–Crippen MR) is 109 cm³/mol. The van der Waals surface area contributed by atoms with E-state index in [-0.39, 0.29) is 11.1 Å². The van der Waals surface area contributed by atoms with Crippen molar-refractivity contribution in [2.75, 3.05) is 0 Å². The number of pyridine rings is 1. The van der Waals surface area contributed by atoms with Crippen molar-refractivity contribution >= 4 is 28.3 Å². The first-order chi connectivity index (χ1) is 13.7. The average Bonchev–Trinajstić information content (AvgIpc) is 3.17. The lowest BCUT2D eigenvalue weighted by Gasteiger charge is -2.09. The van der Waals surface area contributed by atoms with E-state index in [2.05, 4.69) is 15.3 Å². The maximum Gasteiger partial charge on any atom is 0.280 e. The van der Waals surface area contributed by atoms with Gasteiger partial charge in [-0.1, -0.05) is 60.1 Å². The molecular formula is C21H14ClN5O. The van der Waals surface area contributed by atoms with Crippen LogP contribution < -0.4 is 5.56 Å². The van der Waals surface area contributed by atoms with Crippen molar-refractivity contribution in [3.05, 3.63) is 94.0 Å². The van der Waals surface area contributed by atoms with Crippen LogP contribution in [-0.4, -0.2) is 24.4 Å². The zero-order chi connectivity index (χ0) is 19.1. The normalized spacial score (nSPS) is 11.3. The molecule has 3 aromatic heterocycles. The van der Waals surface area contributed by atoms with Gasteiger partial charge in [0, 0.05) is 16.8 Å². The van der Waals surface area contributed by atoms with Gasteiger partial charge >= 0.3 is 0 Å². The predicted octanol–water partition coefficient (Wildman–Crippen LogP) is 3.81. The van der Waals surface area contributed by atoms with E-state index in [1.165, 1.54) is 0 Å². The molecule has 7 heteroatoms. The molecule has 0 unspecified atom stereocenters. The molecule has 28 heavy (non-hydrogen) atoms. The first-order valence-corrected chi connectivity index (χ1v) is 9.12. The average molecular weight is 388 g/mol. The second-order valence-corrected chi connectivity index (χ2v) is 6.84. The Labute approximate surface area is 164 Å². The molecule has 0 aliphatic rings. The van der Waals surface area contributed by atoms with E-state index < -0.39 is 0 Å². The molecule has 0 saturated carbocycles. The third kappa shape index (κ3) is 2.66. The maximum absolute atomic E-state index is 12.9. The van der Waals surface area contributed by atoms with E-state index in [9.17, 15) is 4.79 Å². The van der Waals surface area contributed by atoms with Gasteiger partial charge in [-0.25, -0.2) is 4.52 Å². The van der Waals surface area contributed by atoms with Crippen LogP contribution in [0.2, 0.25) is 5.02 Å². The SMILES string of the molecule is O=c1c2nnc3c(-c4ccccc4)cnn3c2ccn1Cc1ccccc1Cl. The fourth-order valence-electron chi connectivity index (χ4n) is 3.29. The first-order valence-electron chi connectivity index (χ1n) is 8.75. The van der Waals surface area contributed by atoms with Crippen LogP contribution in [0.15, 0.2) is 77.9 Å². The summed E-state index contributed by atoms with van der Waals surface area (Å²) in [6, 6.07) is 19.1. The summed E-state index contributed by atoms with van der Waals surface area (Å²) in [7, 11) is 0. The molecule has 3 heterocycles. The molecule has 0 aliphatic carbocycles. The summed E-state index contributed by atoms with van der Waals surface area (Å²) < 4.78 is 3.23. The quantitative estimate of drug-likeness (QED) is 0.472. The van der Waals surface area contributed by atoms with E-state index in [1.807, 2.05) is 54.6 Å². The van der Waals surface area contributed by atoms with Gasteiger partial charge in [0.05, 0.1) is 12.7 Å². The molecule has 0 aliphatic heterocycles. The highest BCUT2D eigenvalue weighted by Gasteiger charge is 2.14. The highest BCUT2D eigenvalue weighted by molar-refractivity contribution is 6.31. The Morgan fingerprint density at radius 1 is 0.929 bits per heavy atom. The zero-order valence-corrected chi connectivity index (χ0v) is 15.4. The smallest absolute Gasteiger partial charge is 0.280 e. The molecule has 0 radical (unpaired) electrons. The van der Waals surface area contributed by atoms with E-state index in [4.69, 9.17) is 11.6 Å². The zero-order valence-electron chi connectivity index (χ0n) is 14.7. The molecule has 0 saturated heterocycles. The van der Waals surface area contributed by atoms with Gasteiger partial charge in [0.25, 0.3) is 5.56 Å². The third-order valence-electron chi connectivity index (χ3n) is 4.72. The van der Waals surface area contributed by atoms with E-state index in [0.29, 0.717) is 22.7 Å². The molecule has 136 valence electrons. The number of nitrogens with zero attached hydrogens (tertiary/aromatic N) is 5. The Bertz CT molecular complexity index is 1370. The lowest BCUT2D eigenvalue weighted by molar-refractivity contribution is 0.760. The summed E-state index contributed by atoms with van der Waals surface area (Å²) in [4.78, 5) is 12.9. The van der Waals surface area contributed by atoms with Gasteiger partial charge in [-0.05, 0) is 23.3 Å². The molecule has 2 aromatic carbocycles. The maximum atomic E-state index is 12.9. The van der Waals surface area contributed by atoms with Gasteiger partial charge in [-0.15, -0.1) is 10.2 Å². The van der Waals surface area contributed by atoms with Crippen LogP contribution in [-0.2, 0) is 6.54 Å². The molecule has 0 atom stereocenters. The highest BCUT2D eigenvalue weighted by Crippen LogP contribution is 2.24. The second-order valence-electron chi connectivity index (χ2n) is 6.43. The lowest BCUT2D eigenvalue weighted by Crippen LogP contribution is -2.22. The molecule has 0 bridgehead atoms. The number of benzene rings is 2. The molecule has 0 spiro atoms. The van der Waals surface area contributed by atoms with Crippen LogP contribution in [0.3, 0.4) is 0 Å². The molecule has 0 N–H and O–H groups in total. The largest absolute Gasteiger partial charge is 0.309 e. The van der Waals surface area contributed by atoms with Crippen LogP contribution in [0.4, 0.5) is 0 Å². The topological polar surface area (TPSA) is 65.1 Å². The number of fused-ring (bicyclic) bond motifs is 3. The van der Waals surface area contributed by atoms with E-state index in [1.54, 1.807) is 27.5 Å². The van der Waals surface area contributed by atoms with Crippen LogP contribution in [0.5, 0.6) is 0 Å². The van der Waals surface area contributed by atoms with Crippen molar-refractivity contribution in [3.8, 4) is 11.1 Å². The Balaban J connectivity index is 1.65. The van der Waals surface area contributed by atoms with Gasteiger partial charge in [-0.2, -0.15) is 5.10 Å². The van der Waals surface area contributed by atoms with Gasteiger partial charge < -0.3 is 4.57 Å². The van der Waals surface area contributed by atoms with Crippen LogP contribution in [0, 0.1) is 0 Å². The van der Waals surface area contributed by atoms with Crippen molar-refractivity contribution < 1.29 is 0 Å². The van der Waals surface area contributed by atoms with Crippen LogP contribution in [0.1, 0.15) is 5.56 Å². The van der Waals surface area contributed by atoms with Gasteiger partial charge in [0.1, 0.15) is 5.52 Å². The minimum atomic E-state index is -0.233. The summed E-state index contributed by atoms with van der Waals surface area (Å²) in [6.45, 7) is 0.364. The van der Waals surface area contributed by atoms with Gasteiger partial charge in [-0.3, -0.25) is 4.79 Å². The highest BCUT2D eigenvalue weighted by atomic mass is 35.5. The molecule has 0 fully saturated rings. The minimum Gasteiger partial charge on any atom is -0.309 e. The third-order valence-corrected chi connectivity index (χ3v) is 5.09. The first kappa shape index (κ1) is 16.6. The molecule has 5 rings (SSSR count). The number of rotatable bonds is 3. The number of halogens is 1. The molecular weight excluding hydrogens is 374 g/mol. The Morgan fingerprint density at radius 3 is 2.54 bits per heavy atom. The van der Waals surface area contributed by atoms with E-state index >= 15 is 0 Å². The molecule has 0 amide bonds. The Kier molecular flexibility index (Phi) is 3.91. The molecule has 6 nitrogen and oxygen atoms in total. The summed E-state index contributed by atoms with van der Waals surface area (Å²) in [5, 5.41) is 13.6. The van der Waals surface area contributed by atoms with Crippen LogP contribution in [0.25, 0.3) is 27.8 Å². The van der Waals surface area contributed by atoms with Crippen molar-refractivity contribution in [1.29, 1.82) is 0 Å². The number of hydrogen-bond donors (Lipinski definition) is 0. The number of aromatic nitrogens is 5. The van der Waals surface area contributed by atoms with Gasteiger partial charge in [0.15, 0.2) is 11.2 Å². The Hall–Kier alpha value is -3.51. The Morgan fingerprint density at radius 2 is 1.71 bits per heavy atom. The van der Waals surface area contributed by atoms with E-state index in [0.717, 1.165) is 16.7 Å². The van der Waals surface area contributed by atoms with Crippen molar-refractivity contribution in [1.82, 2.24) is 24.4 Å². The fraction of sp³-hybridized carbons (Fsp3) is 0.0476. The summed E-state index contributed by atoms with van der Waals surface area (Å²) in [5.74, 6) is 0. The second kappa shape index (κ2) is 6.58. The van der Waals surface area contributed by atoms with Crippen LogP contribution >= 0.6 is 11.6 Å². The van der Waals surface area contributed by atoms with Crippen molar-refractivity contribution in [2.24, 2.45) is 0 Å². The number of hydrogen-bond acceptors (Lipinski definition) is 4. The minimum absolute atomic E-state index is 0.233. The van der Waals surface area contributed by atoms with Crippen molar-refractivity contribution in [2.45, 2.75) is 6.54 Å². The summed E-state index contributed by atoms with van der Waals surface area (Å²) >= 11 is 6.23. The fourth-order valence-corrected chi connectivity index (χ4v) is 3.48. The van der Waals surface area contributed by atoms with Gasteiger partial charge in [0.2, 0.25) is 0 Å².